The number of carboxylic acid groups (broad SMARTS) is 1. The molecule has 4 aromatic rings. The van der Waals surface area contributed by atoms with Crippen LogP contribution in [-0.2, 0) is 14.3 Å². The van der Waals surface area contributed by atoms with Crippen LogP contribution in [-0.4, -0.2) is 96.5 Å². The standard InChI is InChI=1S/C34H38N4O8/c1-43-23-11-13-29(39)25(19-23)33(27-9-5-7-15-35-27)38(22-32(42)46-4)18-17-37(21-31(40)41)34(28-10-6-8-16-36-28)26-20-24(44-2)12-14-30(26)45-3/h5-16,19-20,33-34,39H,17-18,21-22H2,1-4H3,(H,40,41)/t33-,34?/m0/s1. The van der Waals surface area contributed by atoms with Crippen molar-refractivity contribution in [2.24, 2.45) is 0 Å². The van der Waals surface area contributed by atoms with Crippen molar-refractivity contribution >= 4 is 11.9 Å². The van der Waals surface area contributed by atoms with E-state index < -0.39 is 24.0 Å². The van der Waals surface area contributed by atoms with Gasteiger partial charge in [-0.1, -0.05) is 12.1 Å². The first kappa shape index (κ1) is 33.7. The number of phenolic OH excluding ortho intramolecular Hbond substituents is 1. The highest BCUT2D eigenvalue weighted by molar-refractivity contribution is 5.71. The lowest BCUT2D eigenvalue weighted by molar-refractivity contribution is -0.143. The maximum absolute atomic E-state index is 12.8. The number of aromatic nitrogens is 2. The molecular weight excluding hydrogens is 592 g/mol. The summed E-state index contributed by atoms with van der Waals surface area (Å²) < 4.78 is 21.7. The van der Waals surface area contributed by atoms with Crippen molar-refractivity contribution in [3.63, 3.8) is 0 Å². The van der Waals surface area contributed by atoms with Crippen molar-refractivity contribution in [3.8, 4) is 23.0 Å². The number of benzene rings is 2. The fraction of sp³-hybridized carbons (Fsp3) is 0.294. The predicted molar refractivity (Wildman–Crippen MR) is 169 cm³/mol. The monoisotopic (exact) mass is 630 g/mol. The van der Waals surface area contributed by atoms with Gasteiger partial charge in [0.1, 0.15) is 23.0 Å². The Morgan fingerprint density at radius 3 is 1.76 bits per heavy atom. The van der Waals surface area contributed by atoms with Gasteiger partial charge in [-0.2, -0.15) is 0 Å². The van der Waals surface area contributed by atoms with E-state index in [9.17, 15) is 19.8 Å². The molecule has 0 spiro atoms. The van der Waals surface area contributed by atoms with Gasteiger partial charge in [-0.15, -0.1) is 0 Å². The predicted octanol–water partition coefficient (Wildman–Crippen LogP) is 3.95. The number of rotatable bonds is 16. The minimum atomic E-state index is -1.06. The van der Waals surface area contributed by atoms with Crippen molar-refractivity contribution in [3.05, 3.63) is 108 Å². The molecule has 0 saturated heterocycles. The Hall–Kier alpha value is -5.20. The van der Waals surface area contributed by atoms with Gasteiger partial charge >= 0.3 is 11.9 Å². The zero-order valence-electron chi connectivity index (χ0n) is 26.2. The zero-order valence-corrected chi connectivity index (χ0v) is 26.2. The number of phenols is 1. The molecule has 0 saturated carbocycles. The fourth-order valence-corrected chi connectivity index (χ4v) is 5.35. The molecule has 0 fully saturated rings. The number of nitrogens with zero attached hydrogens (tertiary/aromatic N) is 4. The lowest BCUT2D eigenvalue weighted by Gasteiger charge is -2.36. The van der Waals surface area contributed by atoms with Crippen molar-refractivity contribution in [1.29, 1.82) is 0 Å². The van der Waals surface area contributed by atoms with Crippen LogP contribution in [0.25, 0.3) is 0 Å². The van der Waals surface area contributed by atoms with Crippen LogP contribution in [0.4, 0.5) is 0 Å². The Balaban J connectivity index is 1.84. The highest BCUT2D eigenvalue weighted by Crippen LogP contribution is 2.38. The Labute approximate surface area is 267 Å². The van der Waals surface area contributed by atoms with Crippen LogP contribution < -0.4 is 14.2 Å². The van der Waals surface area contributed by atoms with Crippen molar-refractivity contribution < 1.29 is 38.7 Å². The summed E-state index contributed by atoms with van der Waals surface area (Å²) in [6.07, 6.45) is 3.26. The highest BCUT2D eigenvalue weighted by Gasteiger charge is 2.32. The summed E-state index contributed by atoms with van der Waals surface area (Å²) in [6.45, 7) is -0.271. The summed E-state index contributed by atoms with van der Waals surface area (Å²) >= 11 is 0. The maximum atomic E-state index is 12.8. The van der Waals surface area contributed by atoms with Crippen LogP contribution in [0.15, 0.2) is 85.2 Å². The van der Waals surface area contributed by atoms with Gasteiger partial charge < -0.3 is 29.2 Å². The molecule has 0 bridgehead atoms. The van der Waals surface area contributed by atoms with Gasteiger partial charge in [0.05, 0.1) is 65.0 Å². The summed E-state index contributed by atoms with van der Waals surface area (Å²) in [6, 6.07) is 19.5. The van der Waals surface area contributed by atoms with Gasteiger partial charge in [0.2, 0.25) is 0 Å². The lowest BCUT2D eigenvalue weighted by Crippen LogP contribution is -2.44. The molecule has 0 aliphatic heterocycles. The summed E-state index contributed by atoms with van der Waals surface area (Å²) in [5.74, 6) is -0.0346. The van der Waals surface area contributed by atoms with Crippen LogP contribution in [0, 0.1) is 0 Å². The topological polar surface area (TPSA) is 144 Å². The average Bonchev–Trinajstić information content (AvgIpc) is 3.08. The summed E-state index contributed by atoms with van der Waals surface area (Å²) in [4.78, 5) is 37.9. The van der Waals surface area contributed by atoms with E-state index in [1.165, 1.54) is 20.3 Å². The van der Waals surface area contributed by atoms with E-state index >= 15 is 0 Å². The first-order valence-corrected chi connectivity index (χ1v) is 14.5. The Morgan fingerprint density at radius 2 is 1.26 bits per heavy atom. The van der Waals surface area contributed by atoms with E-state index in [0.717, 1.165) is 0 Å². The second kappa shape index (κ2) is 16.2. The summed E-state index contributed by atoms with van der Waals surface area (Å²) in [5, 5.41) is 21.1. The van der Waals surface area contributed by atoms with E-state index in [0.29, 0.717) is 39.8 Å². The lowest BCUT2D eigenvalue weighted by atomic mass is 9.98. The molecule has 2 N–H and O–H groups in total. The average molecular weight is 631 g/mol. The summed E-state index contributed by atoms with van der Waals surface area (Å²) in [7, 11) is 5.90. The number of aliphatic carboxylic acids is 1. The van der Waals surface area contributed by atoms with E-state index in [-0.39, 0.29) is 31.9 Å². The second-order valence-corrected chi connectivity index (χ2v) is 10.3. The molecule has 0 amide bonds. The molecule has 0 radical (unpaired) electrons. The number of hydrogen-bond acceptors (Lipinski definition) is 11. The zero-order chi connectivity index (χ0) is 33.1. The fourth-order valence-electron chi connectivity index (χ4n) is 5.35. The molecule has 1 unspecified atom stereocenters. The van der Waals surface area contributed by atoms with E-state index in [2.05, 4.69) is 9.97 Å². The largest absolute Gasteiger partial charge is 0.508 e. The van der Waals surface area contributed by atoms with Crippen molar-refractivity contribution in [1.82, 2.24) is 19.8 Å². The highest BCUT2D eigenvalue weighted by atomic mass is 16.5. The molecule has 2 aromatic carbocycles. The molecule has 0 aliphatic rings. The molecule has 2 aromatic heterocycles. The van der Waals surface area contributed by atoms with Gasteiger partial charge in [-0.25, -0.2) is 0 Å². The Bertz CT molecular complexity index is 1590. The van der Waals surface area contributed by atoms with Gasteiger partial charge in [0.15, 0.2) is 0 Å². The maximum Gasteiger partial charge on any atom is 0.319 e. The smallest absolute Gasteiger partial charge is 0.319 e. The molecule has 0 aliphatic carbocycles. The third kappa shape index (κ3) is 8.29. The first-order chi connectivity index (χ1) is 22.3. The number of methoxy groups -OCH3 is 4. The number of aromatic hydroxyl groups is 1. The molecule has 4 rings (SSSR count). The Kier molecular flexibility index (Phi) is 11.9. The van der Waals surface area contributed by atoms with E-state index in [4.69, 9.17) is 18.9 Å². The second-order valence-electron chi connectivity index (χ2n) is 10.3. The molecule has 12 nitrogen and oxygen atoms in total. The number of carboxylic acids is 1. The molecule has 12 heteroatoms. The number of carbonyl (C=O) groups is 2. The molecule has 2 heterocycles. The van der Waals surface area contributed by atoms with Gasteiger partial charge in [-0.05, 0) is 60.7 Å². The molecule has 2 atom stereocenters. The van der Waals surface area contributed by atoms with Crippen LogP contribution in [0.1, 0.15) is 34.6 Å². The van der Waals surface area contributed by atoms with Crippen molar-refractivity contribution in [2.75, 3.05) is 54.6 Å². The number of hydrogen-bond donors (Lipinski definition) is 2. The molecule has 242 valence electrons. The van der Waals surface area contributed by atoms with E-state index in [1.807, 2.05) is 18.2 Å². The molecule has 46 heavy (non-hydrogen) atoms. The van der Waals surface area contributed by atoms with Gasteiger partial charge in [0, 0.05) is 36.6 Å². The van der Waals surface area contributed by atoms with Gasteiger partial charge in [-0.3, -0.25) is 29.4 Å². The number of esters is 1. The van der Waals surface area contributed by atoms with Crippen LogP contribution in [0.5, 0.6) is 23.0 Å². The third-order valence-corrected chi connectivity index (χ3v) is 7.50. The van der Waals surface area contributed by atoms with Crippen LogP contribution in [0.2, 0.25) is 0 Å². The third-order valence-electron chi connectivity index (χ3n) is 7.50. The number of pyridine rings is 2. The summed E-state index contributed by atoms with van der Waals surface area (Å²) in [5.41, 5.74) is 2.23. The normalized spacial score (nSPS) is 12.4. The number of carbonyl (C=O) groups excluding carboxylic acids is 1. The van der Waals surface area contributed by atoms with Gasteiger partial charge in [0.25, 0.3) is 0 Å². The molecular formula is C34H38N4O8. The first-order valence-electron chi connectivity index (χ1n) is 14.5. The van der Waals surface area contributed by atoms with Crippen molar-refractivity contribution in [2.45, 2.75) is 12.1 Å². The van der Waals surface area contributed by atoms with E-state index in [1.54, 1.807) is 84.9 Å². The Morgan fingerprint density at radius 1 is 0.717 bits per heavy atom. The van der Waals surface area contributed by atoms with Crippen LogP contribution >= 0.6 is 0 Å². The minimum Gasteiger partial charge on any atom is -0.508 e. The minimum absolute atomic E-state index is 0.0267. The SMILES string of the molecule is COC(=O)CN(CCN(CC(=O)O)C(c1ccccn1)c1cc(OC)ccc1OC)[C@H](c1ccccn1)c1cc(OC)ccc1O. The number of ether oxygens (including phenoxy) is 4. The van der Waals surface area contributed by atoms with Crippen LogP contribution in [0.3, 0.4) is 0 Å². The quantitative estimate of drug-likeness (QED) is 0.173.